The van der Waals surface area contributed by atoms with Crippen LogP contribution < -0.4 is 15.1 Å². The molecule has 1 N–H and O–H groups in total. The maximum absolute atomic E-state index is 13.9. The van der Waals surface area contributed by atoms with Crippen LogP contribution in [0.1, 0.15) is 57.9 Å². The number of amides is 1. The molecular weight excluding hydrogens is 452 g/mol. The standard InChI is InChI=1S/C29H38N4O3/c1-19(2)36-24-14-29(15-24)17-32(18-29)22-8-11-25-26(13-22)33(16-21-5-4-12-30-27(21)31-25)28(34)20-6-9-23(35-3)10-7-20/h4-5,8,11-13,19-20,23-24H,6-7,9-10,14-18H2,1-3H3,(H,30,31)/t20-,23-. The zero-order valence-corrected chi connectivity index (χ0v) is 21.7. The third-order valence-electron chi connectivity index (χ3n) is 8.57. The molecule has 1 aromatic heterocycles. The smallest absolute Gasteiger partial charge is 0.230 e. The van der Waals surface area contributed by atoms with E-state index in [2.05, 4.69) is 53.3 Å². The summed E-state index contributed by atoms with van der Waals surface area (Å²) in [6.07, 6.45) is 8.76. The number of ether oxygens (including phenoxy) is 2. The highest BCUT2D eigenvalue weighted by Gasteiger charge is 2.53. The highest BCUT2D eigenvalue weighted by molar-refractivity contribution is 6.00. The molecule has 6 rings (SSSR count). The molecule has 4 aliphatic rings. The monoisotopic (exact) mass is 490 g/mol. The summed E-state index contributed by atoms with van der Waals surface area (Å²) >= 11 is 0. The number of pyridine rings is 1. The molecule has 1 saturated heterocycles. The van der Waals surface area contributed by atoms with Gasteiger partial charge >= 0.3 is 0 Å². The molecule has 3 heterocycles. The van der Waals surface area contributed by atoms with E-state index in [0.29, 0.717) is 24.2 Å². The Kier molecular flexibility index (Phi) is 6.16. The predicted molar refractivity (Wildman–Crippen MR) is 142 cm³/mol. The molecule has 192 valence electrons. The second-order valence-electron chi connectivity index (χ2n) is 11.5. The lowest BCUT2D eigenvalue weighted by molar-refractivity contribution is -0.124. The van der Waals surface area contributed by atoms with Crippen molar-refractivity contribution in [2.45, 2.75) is 77.2 Å². The molecule has 1 spiro atoms. The van der Waals surface area contributed by atoms with Crippen LogP contribution in [0.4, 0.5) is 22.9 Å². The Morgan fingerprint density at radius 1 is 1.11 bits per heavy atom. The summed E-state index contributed by atoms with van der Waals surface area (Å²) in [5.74, 6) is 1.08. The predicted octanol–water partition coefficient (Wildman–Crippen LogP) is 5.27. The first-order valence-corrected chi connectivity index (χ1v) is 13.5. The lowest BCUT2D eigenvalue weighted by atomic mass is 9.61. The minimum Gasteiger partial charge on any atom is -0.381 e. The number of methoxy groups -OCH3 is 1. The van der Waals surface area contributed by atoms with Gasteiger partial charge in [-0.15, -0.1) is 0 Å². The average Bonchev–Trinajstić information content (AvgIpc) is 3.00. The van der Waals surface area contributed by atoms with Gasteiger partial charge < -0.3 is 24.6 Å². The first-order chi connectivity index (χ1) is 17.4. The molecule has 7 nitrogen and oxygen atoms in total. The van der Waals surface area contributed by atoms with E-state index in [-0.39, 0.29) is 17.9 Å². The average molecular weight is 491 g/mol. The molecule has 2 saturated carbocycles. The van der Waals surface area contributed by atoms with Crippen LogP contribution in [0.5, 0.6) is 0 Å². The molecule has 1 amide bonds. The van der Waals surface area contributed by atoms with Crippen LogP contribution in [0.2, 0.25) is 0 Å². The number of nitrogens with one attached hydrogen (secondary N) is 1. The number of benzene rings is 1. The minimum absolute atomic E-state index is 0.0336. The van der Waals surface area contributed by atoms with Gasteiger partial charge in [0.2, 0.25) is 5.91 Å². The first kappa shape index (κ1) is 23.7. The van der Waals surface area contributed by atoms with Gasteiger partial charge in [-0.3, -0.25) is 4.79 Å². The van der Waals surface area contributed by atoms with Crippen molar-refractivity contribution in [2.75, 3.05) is 35.3 Å². The van der Waals surface area contributed by atoms with Gasteiger partial charge in [0.1, 0.15) is 5.82 Å². The number of fused-ring (bicyclic) bond motifs is 2. The molecular formula is C29H38N4O3. The SMILES string of the molecule is CO[C@H]1CC[C@H](C(=O)N2Cc3cccnc3Nc3ccc(N4CC5(CC(OC(C)C)C5)C4)cc32)CC1. The fraction of sp³-hybridized carbons (Fsp3) is 0.586. The van der Waals surface area contributed by atoms with Gasteiger partial charge in [0.15, 0.2) is 0 Å². The summed E-state index contributed by atoms with van der Waals surface area (Å²) in [6.45, 7) is 6.90. The molecule has 1 aromatic carbocycles. The fourth-order valence-corrected chi connectivity index (χ4v) is 6.66. The van der Waals surface area contributed by atoms with E-state index in [1.54, 1.807) is 13.3 Å². The Labute approximate surface area is 214 Å². The highest BCUT2D eigenvalue weighted by atomic mass is 16.5. The van der Waals surface area contributed by atoms with E-state index in [1.165, 1.54) is 5.69 Å². The Morgan fingerprint density at radius 3 is 2.61 bits per heavy atom. The van der Waals surface area contributed by atoms with Crippen LogP contribution in [0.25, 0.3) is 0 Å². The summed E-state index contributed by atoms with van der Waals surface area (Å²) in [5.41, 5.74) is 4.54. The van der Waals surface area contributed by atoms with E-state index in [9.17, 15) is 4.79 Å². The van der Waals surface area contributed by atoms with Crippen molar-refractivity contribution in [2.24, 2.45) is 11.3 Å². The number of anilines is 4. The number of nitrogens with zero attached hydrogens (tertiary/aromatic N) is 3. The van der Waals surface area contributed by atoms with Gasteiger partial charge in [-0.25, -0.2) is 4.98 Å². The van der Waals surface area contributed by atoms with Gasteiger partial charge in [-0.1, -0.05) is 6.07 Å². The summed E-state index contributed by atoms with van der Waals surface area (Å²) in [7, 11) is 1.77. The molecule has 0 bridgehead atoms. The third kappa shape index (κ3) is 4.37. The van der Waals surface area contributed by atoms with Crippen molar-refractivity contribution in [3.05, 3.63) is 42.1 Å². The van der Waals surface area contributed by atoms with Crippen LogP contribution >= 0.6 is 0 Å². The molecule has 0 radical (unpaired) electrons. The number of carbonyl (C=O) groups is 1. The number of aromatic nitrogens is 1. The van der Waals surface area contributed by atoms with Crippen LogP contribution in [0.15, 0.2) is 36.5 Å². The maximum Gasteiger partial charge on any atom is 0.230 e. The first-order valence-electron chi connectivity index (χ1n) is 13.5. The second-order valence-corrected chi connectivity index (χ2v) is 11.5. The van der Waals surface area contributed by atoms with Gasteiger partial charge in [0.05, 0.1) is 36.2 Å². The lowest BCUT2D eigenvalue weighted by Gasteiger charge is -2.59. The van der Waals surface area contributed by atoms with E-state index in [0.717, 1.165) is 74.4 Å². The number of rotatable bonds is 5. The lowest BCUT2D eigenvalue weighted by Crippen LogP contribution is -2.64. The van der Waals surface area contributed by atoms with Gasteiger partial charge in [0, 0.05) is 49.0 Å². The van der Waals surface area contributed by atoms with E-state index >= 15 is 0 Å². The fourth-order valence-electron chi connectivity index (χ4n) is 6.66. The van der Waals surface area contributed by atoms with Crippen LogP contribution in [-0.2, 0) is 20.8 Å². The molecule has 0 unspecified atom stereocenters. The molecule has 2 aliphatic carbocycles. The normalized spacial score (nSPS) is 24.9. The molecule has 2 aromatic rings. The summed E-state index contributed by atoms with van der Waals surface area (Å²) in [6, 6.07) is 10.5. The number of carbonyl (C=O) groups excluding carboxylic acids is 1. The zero-order chi connectivity index (χ0) is 24.9. The Hall–Kier alpha value is -2.64. The molecule has 3 fully saturated rings. The van der Waals surface area contributed by atoms with Crippen molar-refractivity contribution in [1.29, 1.82) is 0 Å². The van der Waals surface area contributed by atoms with Crippen molar-refractivity contribution in [3.8, 4) is 0 Å². The van der Waals surface area contributed by atoms with Gasteiger partial charge in [-0.2, -0.15) is 0 Å². The molecule has 0 atom stereocenters. The quantitative estimate of drug-likeness (QED) is 0.616. The van der Waals surface area contributed by atoms with Gasteiger partial charge in [-0.05, 0) is 76.6 Å². The van der Waals surface area contributed by atoms with Crippen molar-refractivity contribution in [1.82, 2.24) is 4.98 Å². The molecule has 36 heavy (non-hydrogen) atoms. The summed E-state index contributed by atoms with van der Waals surface area (Å²) < 4.78 is 11.6. The van der Waals surface area contributed by atoms with Gasteiger partial charge in [0.25, 0.3) is 0 Å². The van der Waals surface area contributed by atoms with Crippen LogP contribution in [0, 0.1) is 11.3 Å². The Morgan fingerprint density at radius 2 is 1.89 bits per heavy atom. The largest absolute Gasteiger partial charge is 0.381 e. The third-order valence-corrected chi connectivity index (χ3v) is 8.57. The summed E-state index contributed by atoms with van der Waals surface area (Å²) in [4.78, 5) is 23.0. The van der Waals surface area contributed by atoms with Crippen LogP contribution in [0.3, 0.4) is 0 Å². The van der Waals surface area contributed by atoms with E-state index in [1.807, 2.05) is 11.0 Å². The minimum atomic E-state index is 0.0336. The molecule has 7 heteroatoms. The van der Waals surface area contributed by atoms with Crippen LogP contribution in [-0.4, -0.2) is 49.4 Å². The summed E-state index contributed by atoms with van der Waals surface area (Å²) in [5, 5.41) is 3.51. The molecule has 2 aliphatic heterocycles. The second kappa shape index (κ2) is 9.34. The zero-order valence-electron chi connectivity index (χ0n) is 21.7. The Bertz CT molecular complexity index is 1110. The van der Waals surface area contributed by atoms with E-state index < -0.39 is 0 Å². The number of hydrogen-bond donors (Lipinski definition) is 1. The van der Waals surface area contributed by atoms with Crippen molar-refractivity contribution < 1.29 is 14.3 Å². The maximum atomic E-state index is 13.9. The van der Waals surface area contributed by atoms with Crippen molar-refractivity contribution in [3.63, 3.8) is 0 Å². The highest BCUT2D eigenvalue weighted by Crippen LogP contribution is 2.52. The van der Waals surface area contributed by atoms with Crippen molar-refractivity contribution >= 4 is 28.8 Å². The Balaban J connectivity index is 1.23. The van der Waals surface area contributed by atoms with E-state index in [4.69, 9.17) is 9.47 Å². The topological polar surface area (TPSA) is 66.9 Å². The number of hydrogen-bond acceptors (Lipinski definition) is 6.